The molecule has 0 unspecified atom stereocenters. The number of carbonyl (C=O) groups excluding carboxylic acids is 2. The van der Waals surface area contributed by atoms with Gasteiger partial charge in [0.25, 0.3) is 5.91 Å². The monoisotopic (exact) mass is 523 g/mol. The minimum absolute atomic E-state index is 0.296. The Bertz CT molecular complexity index is 1660. The van der Waals surface area contributed by atoms with Gasteiger partial charge >= 0.3 is 5.97 Å². The number of benzene rings is 3. The van der Waals surface area contributed by atoms with Crippen LogP contribution in [0.2, 0.25) is 0 Å². The third-order valence-electron chi connectivity index (χ3n) is 6.00. The zero-order valence-electron chi connectivity index (χ0n) is 21.5. The van der Waals surface area contributed by atoms with E-state index in [9.17, 15) is 9.59 Å². The summed E-state index contributed by atoms with van der Waals surface area (Å²) in [5, 5.41) is 6.16. The molecule has 2 aromatic heterocycles. The summed E-state index contributed by atoms with van der Waals surface area (Å²) in [6.07, 6.45) is 5.37. The van der Waals surface area contributed by atoms with Crippen LogP contribution in [0.1, 0.15) is 20.7 Å². The van der Waals surface area contributed by atoms with Gasteiger partial charge in [0.15, 0.2) is 23.0 Å². The highest BCUT2D eigenvalue weighted by molar-refractivity contribution is 6.05. The lowest BCUT2D eigenvalue weighted by Crippen LogP contribution is -2.12. The molecule has 5 rings (SSSR count). The second-order valence-corrected chi connectivity index (χ2v) is 8.43. The molecule has 5 aromatic rings. The third kappa shape index (κ3) is 5.35. The number of hydrogen-bond donors (Lipinski definition) is 2. The molecule has 0 saturated heterocycles. The van der Waals surface area contributed by atoms with Gasteiger partial charge in [-0.15, -0.1) is 0 Å². The van der Waals surface area contributed by atoms with Crippen molar-refractivity contribution in [3.63, 3.8) is 0 Å². The van der Waals surface area contributed by atoms with Crippen LogP contribution in [0.5, 0.6) is 11.5 Å². The van der Waals surface area contributed by atoms with Gasteiger partial charge in [0.05, 0.1) is 32.6 Å². The molecule has 0 aliphatic carbocycles. The van der Waals surface area contributed by atoms with Gasteiger partial charge in [-0.3, -0.25) is 4.79 Å². The van der Waals surface area contributed by atoms with Gasteiger partial charge in [0, 0.05) is 47.2 Å². The Labute approximate surface area is 224 Å². The summed E-state index contributed by atoms with van der Waals surface area (Å²) in [4.78, 5) is 33.9. The molecule has 196 valence electrons. The number of carbonyl (C=O) groups is 2. The Balaban J connectivity index is 1.42. The van der Waals surface area contributed by atoms with Crippen LogP contribution in [-0.2, 0) is 4.74 Å². The highest BCUT2D eigenvalue weighted by atomic mass is 16.5. The summed E-state index contributed by atoms with van der Waals surface area (Å²) >= 11 is 0. The first-order valence-electron chi connectivity index (χ1n) is 11.9. The van der Waals surface area contributed by atoms with E-state index in [-0.39, 0.29) is 5.91 Å². The smallest absolute Gasteiger partial charge is 0.337 e. The molecule has 0 bridgehead atoms. The number of aromatic nitrogens is 3. The Kier molecular flexibility index (Phi) is 7.09. The van der Waals surface area contributed by atoms with E-state index in [0.717, 1.165) is 11.3 Å². The molecule has 2 N–H and O–H groups in total. The Hall–Kier alpha value is -5.38. The van der Waals surface area contributed by atoms with Crippen LogP contribution in [0.15, 0.2) is 85.3 Å². The second-order valence-electron chi connectivity index (χ2n) is 8.43. The quantitative estimate of drug-likeness (QED) is 0.267. The largest absolute Gasteiger partial charge is 0.493 e. The molecule has 10 nitrogen and oxygen atoms in total. The average molecular weight is 524 g/mol. The van der Waals surface area contributed by atoms with E-state index in [4.69, 9.17) is 19.2 Å². The predicted molar refractivity (Wildman–Crippen MR) is 147 cm³/mol. The van der Waals surface area contributed by atoms with Crippen molar-refractivity contribution in [3.05, 3.63) is 96.4 Å². The standard InChI is InChI=1S/C29H25N5O5/c1-37-24-12-11-22(16-25(24)38-2)31-26-27-30-13-14-34(27)17-23(33-26)19-5-4-6-20(15-19)28(35)32-21-9-7-18(8-10-21)29(36)39-3/h4-17H,1-3H3,(H,31,33)(H,32,35). The molecule has 0 aliphatic rings. The van der Waals surface area contributed by atoms with Crippen LogP contribution >= 0.6 is 0 Å². The van der Waals surface area contributed by atoms with Crippen molar-refractivity contribution < 1.29 is 23.8 Å². The fourth-order valence-electron chi connectivity index (χ4n) is 4.04. The number of fused-ring (bicyclic) bond motifs is 1. The van der Waals surface area contributed by atoms with E-state index >= 15 is 0 Å². The number of nitrogens with one attached hydrogen (secondary N) is 2. The number of nitrogens with zero attached hydrogens (tertiary/aromatic N) is 3. The van der Waals surface area contributed by atoms with Gasteiger partial charge in [-0.25, -0.2) is 14.8 Å². The van der Waals surface area contributed by atoms with Gasteiger partial charge in [-0.1, -0.05) is 12.1 Å². The van der Waals surface area contributed by atoms with Crippen molar-refractivity contribution in [2.24, 2.45) is 0 Å². The topological polar surface area (TPSA) is 116 Å². The summed E-state index contributed by atoms with van der Waals surface area (Å²) in [6.45, 7) is 0. The minimum atomic E-state index is -0.442. The SMILES string of the molecule is COC(=O)c1ccc(NC(=O)c2cccc(-c3cn4ccnc4c(Nc4ccc(OC)c(OC)c4)n3)c2)cc1. The van der Waals surface area contributed by atoms with Crippen molar-refractivity contribution in [3.8, 4) is 22.8 Å². The molecular weight excluding hydrogens is 498 g/mol. The van der Waals surface area contributed by atoms with Crippen LogP contribution in [0.3, 0.4) is 0 Å². The second kappa shape index (κ2) is 10.9. The lowest BCUT2D eigenvalue weighted by atomic mass is 10.1. The van der Waals surface area contributed by atoms with E-state index in [1.807, 2.05) is 35.0 Å². The van der Waals surface area contributed by atoms with Crippen LogP contribution < -0.4 is 20.1 Å². The minimum Gasteiger partial charge on any atom is -0.493 e. The maximum atomic E-state index is 13.0. The number of rotatable bonds is 8. The highest BCUT2D eigenvalue weighted by Crippen LogP contribution is 2.32. The molecular formula is C29H25N5O5. The maximum absolute atomic E-state index is 13.0. The van der Waals surface area contributed by atoms with Gasteiger partial charge in [0.2, 0.25) is 0 Å². The lowest BCUT2D eigenvalue weighted by Gasteiger charge is -2.13. The Morgan fingerprint density at radius 1 is 0.846 bits per heavy atom. The Morgan fingerprint density at radius 3 is 2.36 bits per heavy atom. The predicted octanol–water partition coefficient (Wildman–Crippen LogP) is 5.20. The lowest BCUT2D eigenvalue weighted by molar-refractivity contribution is 0.0600. The van der Waals surface area contributed by atoms with E-state index in [2.05, 4.69) is 15.6 Å². The number of ether oxygens (including phenoxy) is 3. The summed E-state index contributed by atoms with van der Waals surface area (Å²) in [5.41, 5.74) is 4.17. The van der Waals surface area contributed by atoms with Crippen LogP contribution in [0, 0.1) is 0 Å². The maximum Gasteiger partial charge on any atom is 0.337 e. The molecule has 1 amide bonds. The molecule has 0 fully saturated rings. The summed E-state index contributed by atoms with van der Waals surface area (Å²) in [5.74, 6) is 0.991. The van der Waals surface area contributed by atoms with Crippen molar-refractivity contribution in [1.29, 1.82) is 0 Å². The van der Waals surface area contributed by atoms with Crippen molar-refractivity contribution >= 4 is 34.7 Å². The normalized spacial score (nSPS) is 10.6. The average Bonchev–Trinajstić information content (AvgIpc) is 3.46. The molecule has 2 heterocycles. The first-order chi connectivity index (χ1) is 19.0. The van der Waals surface area contributed by atoms with Crippen LogP contribution in [0.25, 0.3) is 16.9 Å². The molecule has 39 heavy (non-hydrogen) atoms. The Morgan fingerprint density at radius 2 is 1.62 bits per heavy atom. The number of esters is 1. The van der Waals surface area contributed by atoms with Crippen molar-refractivity contribution in [1.82, 2.24) is 14.4 Å². The molecule has 0 aliphatic heterocycles. The van der Waals surface area contributed by atoms with Crippen LogP contribution in [-0.4, -0.2) is 47.6 Å². The van der Waals surface area contributed by atoms with Crippen molar-refractivity contribution in [2.45, 2.75) is 0 Å². The molecule has 10 heteroatoms. The van der Waals surface area contributed by atoms with Gasteiger partial charge < -0.3 is 29.2 Å². The van der Waals surface area contributed by atoms with Gasteiger partial charge in [-0.2, -0.15) is 0 Å². The fraction of sp³-hybridized carbons (Fsp3) is 0.103. The number of methoxy groups -OCH3 is 3. The first-order valence-corrected chi connectivity index (χ1v) is 11.9. The molecule has 0 atom stereocenters. The zero-order chi connectivity index (χ0) is 27.4. The molecule has 0 spiro atoms. The van der Waals surface area contributed by atoms with Crippen LogP contribution in [0.4, 0.5) is 17.2 Å². The number of imidazole rings is 1. The summed E-state index contributed by atoms with van der Waals surface area (Å²) in [7, 11) is 4.48. The molecule has 0 saturated carbocycles. The molecule has 0 radical (unpaired) electrons. The number of hydrogen-bond acceptors (Lipinski definition) is 8. The van der Waals surface area contributed by atoms with Gasteiger partial charge in [0.1, 0.15) is 0 Å². The zero-order valence-corrected chi connectivity index (χ0v) is 21.5. The summed E-state index contributed by atoms with van der Waals surface area (Å²) < 4.78 is 17.3. The van der Waals surface area contributed by atoms with E-state index in [1.165, 1.54) is 7.11 Å². The van der Waals surface area contributed by atoms with E-state index < -0.39 is 5.97 Å². The fourth-order valence-corrected chi connectivity index (χ4v) is 4.04. The number of amides is 1. The highest BCUT2D eigenvalue weighted by Gasteiger charge is 2.14. The van der Waals surface area contributed by atoms with Crippen molar-refractivity contribution in [2.75, 3.05) is 32.0 Å². The van der Waals surface area contributed by atoms with E-state index in [1.54, 1.807) is 68.9 Å². The third-order valence-corrected chi connectivity index (χ3v) is 6.00. The first kappa shape index (κ1) is 25.3. The van der Waals surface area contributed by atoms with Gasteiger partial charge in [-0.05, 0) is 48.5 Å². The summed E-state index contributed by atoms with van der Waals surface area (Å²) in [6, 6.07) is 19.1. The molecule has 3 aromatic carbocycles. The van der Waals surface area contributed by atoms with E-state index in [0.29, 0.717) is 45.5 Å². The number of anilines is 3.